The minimum atomic E-state index is 0.418. The third kappa shape index (κ3) is 2.06. The maximum atomic E-state index is 4.39. The van der Waals surface area contributed by atoms with Gasteiger partial charge in [-0.25, -0.2) is 9.97 Å². The van der Waals surface area contributed by atoms with Gasteiger partial charge in [0.25, 0.3) is 0 Å². The van der Waals surface area contributed by atoms with Crippen LogP contribution in [0.3, 0.4) is 0 Å². The van der Waals surface area contributed by atoms with Crippen LogP contribution in [0.1, 0.15) is 43.5 Å². The molecule has 1 radical (unpaired) electrons. The number of nitrogens with zero attached hydrogens (tertiary/aromatic N) is 4. The lowest BCUT2D eigenvalue weighted by molar-refractivity contribution is 0.614. The van der Waals surface area contributed by atoms with Gasteiger partial charge in [0.05, 0.1) is 23.4 Å². The summed E-state index contributed by atoms with van der Waals surface area (Å²) in [5.41, 5.74) is 4.94. The molecule has 3 heterocycles. The Morgan fingerprint density at radius 3 is 3.24 bits per heavy atom. The van der Waals surface area contributed by atoms with Gasteiger partial charge in [0.15, 0.2) is 6.33 Å². The Balaban J connectivity index is 1.73. The van der Waals surface area contributed by atoms with E-state index in [4.69, 9.17) is 0 Å². The van der Waals surface area contributed by atoms with Crippen LogP contribution in [0.2, 0.25) is 0 Å². The summed E-state index contributed by atoms with van der Waals surface area (Å²) in [4.78, 5) is 8.66. The van der Waals surface area contributed by atoms with E-state index in [1.807, 2.05) is 12.5 Å². The van der Waals surface area contributed by atoms with E-state index >= 15 is 0 Å². The van der Waals surface area contributed by atoms with Gasteiger partial charge < -0.3 is 9.13 Å². The minimum absolute atomic E-state index is 0.418. The first-order valence-corrected chi connectivity index (χ1v) is 7.75. The fourth-order valence-electron chi connectivity index (χ4n) is 3.27. The molecule has 0 fully saturated rings. The molecule has 4 heteroatoms. The summed E-state index contributed by atoms with van der Waals surface area (Å²) >= 11 is 0. The Bertz CT molecular complexity index is 768. The monoisotopic (exact) mass is 279 g/mol. The van der Waals surface area contributed by atoms with Crippen LogP contribution in [-0.4, -0.2) is 19.1 Å². The highest BCUT2D eigenvalue weighted by Crippen LogP contribution is 2.32. The Hall–Kier alpha value is -2.10. The van der Waals surface area contributed by atoms with Crippen LogP contribution in [0.5, 0.6) is 0 Å². The topological polar surface area (TPSA) is 35.6 Å². The summed E-state index contributed by atoms with van der Waals surface area (Å²) in [5, 5.41) is 0. The molecule has 4 rings (SSSR count). The summed E-state index contributed by atoms with van der Waals surface area (Å²) in [6.45, 7) is 3.21. The second kappa shape index (κ2) is 5.02. The average Bonchev–Trinajstić information content (AvgIpc) is 3.19. The van der Waals surface area contributed by atoms with E-state index in [-0.39, 0.29) is 0 Å². The van der Waals surface area contributed by atoms with Gasteiger partial charge in [0.1, 0.15) is 0 Å². The number of fused-ring (bicyclic) bond motifs is 2. The molecule has 0 saturated heterocycles. The fourth-order valence-corrected chi connectivity index (χ4v) is 3.27. The second-order valence-corrected chi connectivity index (χ2v) is 5.81. The number of benzene rings is 1. The van der Waals surface area contributed by atoms with E-state index in [0.29, 0.717) is 6.04 Å². The van der Waals surface area contributed by atoms with Crippen molar-refractivity contribution < 1.29 is 0 Å². The van der Waals surface area contributed by atoms with E-state index in [9.17, 15) is 0 Å². The number of rotatable bonds is 4. The van der Waals surface area contributed by atoms with Crippen molar-refractivity contribution in [2.75, 3.05) is 0 Å². The van der Waals surface area contributed by atoms with Crippen molar-refractivity contribution in [3.05, 3.63) is 48.3 Å². The van der Waals surface area contributed by atoms with Gasteiger partial charge in [0, 0.05) is 18.4 Å². The molecular weight excluding hydrogens is 260 g/mol. The second-order valence-electron chi connectivity index (χ2n) is 5.81. The smallest absolute Gasteiger partial charge is 0.177 e. The van der Waals surface area contributed by atoms with Crippen molar-refractivity contribution in [1.29, 1.82) is 0 Å². The van der Waals surface area contributed by atoms with Gasteiger partial charge in [-0.3, -0.25) is 0 Å². The zero-order chi connectivity index (χ0) is 14.2. The molecule has 1 atom stereocenters. The first-order valence-electron chi connectivity index (χ1n) is 7.75. The van der Waals surface area contributed by atoms with Crippen molar-refractivity contribution in [1.82, 2.24) is 19.1 Å². The normalized spacial score (nSPS) is 17.5. The number of hydrogen-bond acceptors (Lipinski definition) is 2. The van der Waals surface area contributed by atoms with E-state index in [1.165, 1.54) is 29.6 Å². The standard InChI is InChI=1S/C17H19N4/c1-2-3-8-20-12-19-15-6-4-13(9-17(15)20)16-7-5-14-10-18-11-21(14)16/h4,6,9-11,16H,2-3,5,7-8H2,1H3. The minimum Gasteiger partial charge on any atom is -0.327 e. The quantitative estimate of drug-likeness (QED) is 0.734. The molecule has 21 heavy (non-hydrogen) atoms. The molecule has 0 bridgehead atoms. The van der Waals surface area contributed by atoms with E-state index in [2.05, 4.69) is 50.6 Å². The highest BCUT2D eigenvalue weighted by molar-refractivity contribution is 5.76. The van der Waals surface area contributed by atoms with Crippen LogP contribution in [0.4, 0.5) is 0 Å². The zero-order valence-electron chi connectivity index (χ0n) is 12.3. The number of unbranched alkanes of at least 4 members (excludes halogenated alkanes) is 1. The molecule has 1 aliphatic heterocycles. The molecule has 0 amide bonds. The Morgan fingerprint density at radius 1 is 1.38 bits per heavy atom. The van der Waals surface area contributed by atoms with E-state index in [1.54, 1.807) is 0 Å². The summed E-state index contributed by atoms with van der Waals surface area (Å²) in [6.07, 6.45) is 11.7. The average molecular weight is 279 g/mol. The highest BCUT2D eigenvalue weighted by Gasteiger charge is 2.23. The van der Waals surface area contributed by atoms with Crippen molar-refractivity contribution in [2.45, 2.75) is 45.2 Å². The summed E-state index contributed by atoms with van der Waals surface area (Å²) in [6, 6.07) is 7.03. The van der Waals surface area contributed by atoms with Crippen LogP contribution >= 0.6 is 0 Å². The van der Waals surface area contributed by atoms with Crippen LogP contribution in [0.15, 0.2) is 30.7 Å². The van der Waals surface area contributed by atoms with E-state index in [0.717, 1.165) is 24.9 Å². The van der Waals surface area contributed by atoms with Crippen molar-refractivity contribution in [3.8, 4) is 0 Å². The highest BCUT2D eigenvalue weighted by atomic mass is 15.1. The predicted molar refractivity (Wildman–Crippen MR) is 82.2 cm³/mol. The van der Waals surface area contributed by atoms with Crippen molar-refractivity contribution >= 4 is 11.0 Å². The predicted octanol–water partition coefficient (Wildman–Crippen LogP) is 3.37. The van der Waals surface area contributed by atoms with Gasteiger partial charge in [-0.05, 0) is 37.0 Å². The molecular formula is C17H19N4. The molecule has 0 saturated carbocycles. The van der Waals surface area contributed by atoms with E-state index < -0.39 is 0 Å². The largest absolute Gasteiger partial charge is 0.327 e. The number of aryl methyl sites for hydroxylation is 2. The zero-order valence-corrected chi connectivity index (χ0v) is 12.3. The molecule has 0 aliphatic carbocycles. The molecule has 4 nitrogen and oxygen atoms in total. The Labute approximate surface area is 124 Å². The molecule has 1 unspecified atom stereocenters. The van der Waals surface area contributed by atoms with Crippen molar-refractivity contribution in [3.63, 3.8) is 0 Å². The summed E-state index contributed by atoms with van der Waals surface area (Å²) < 4.78 is 4.46. The molecule has 2 aromatic heterocycles. The number of aromatic nitrogens is 4. The lowest BCUT2D eigenvalue weighted by Gasteiger charge is -2.14. The van der Waals surface area contributed by atoms with Crippen LogP contribution in [0.25, 0.3) is 11.0 Å². The van der Waals surface area contributed by atoms with Gasteiger partial charge in [-0.15, -0.1) is 0 Å². The van der Waals surface area contributed by atoms with Crippen LogP contribution < -0.4 is 0 Å². The first-order chi connectivity index (χ1) is 10.4. The number of imidazole rings is 2. The fraction of sp³-hybridized carbons (Fsp3) is 0.412. The van der Waals surface area contributed by atoms with Crippen LogP contribution in [0, 0.1) is 6.33 Å². The van der Waals surface area contributed by atoms with Crippen molar-refractivity contribution in [2.24, 2.45) is 0 Å². The molecule has 107 valence electrons. The van der Waals surface area contributed by atoms with Gasteiger partial charge in [-0.2, -0.15) is 0 Å². The molecule has 0 N–H and O–H groups in total. The molecule has 1 aromatic carbocycles. The summed E-state index contributed by atoms with van der Waals surface area (Å²) in [5.74, 6) is 0. The van der Waals surface area contributed by atoms with Gasteiger partial charge in [0.2, 0.25) is 0 Å². The Morgan fingerprint density at radius 2 is 2.33 bits per heavy atom. The molecule has 1 aliphatic rings. The van der Waals surface area contributed by atoms with Gasteiger partial charge >= 0.3 is 0 Å². The van der Waals surface area contributed by atoms with Crippen LogP contribution in [-0.2, 0) is 13.0 Å². The third-order valence-corrected chi connectivity index (χ3v) is 4.46. The molecule has 0 spiro atoms. The van der Waals surface area contributed by atoms with Gasteiger partial charge in [-0.1, -0.05) is 19.4 Å². The molecule has 3 aromatic rings. The maximum absolute atomic E-state index is 4.39. The Kier molecular flexibility index (Phi) is 3.02. The SMILES string of the molecule is CCCCn1[c]nc2ccc(C3CCc4cncn43)cc21. The lowest BCUT2D eigenvalue weighted by atomic mass is 10.0. The third-order valence-electron chi connectivity index (χ3n) is 4.46. The maximum Gasteiger partial charge on any atom is 0.177 e. The number of hydrogen-bond donors (Lipinski definition) is 0. The first kappa shape index (κ1) is 12.6. The summed E-state index contributed by atoms with van der Waals surface area (Å²) in [7, 11) is 0. The lowest BCUT2D eigenvalue weighted by Crippen LogP contribution is -2.05.